The van der Waals surface area contributed by atoms with Gasteiger partial charge in [0, 0.05) is 13.5 Å². The van der Waals surface area contributed by atoms with E-state index >= 15 is 0 Å². The van der Waals surface area contributed by atoms with Gasteiger partial charge in [-0.05, 0) is 37.0 Å². The largest absolute Gasteiger partial charge is 0.389 e. The minimum atomic E-state index is -0.582. The second kappa shape index (κ2) is 5.23. The van der Waals surface area contributed by atoms with Crippen LogP contribution in [0.5, 0.6) is 0 Å². The molecule has 0 atom stereocenters. The van der Waals surface area contributed by atoms with Gasteiger partial charge in [0.05, 0.1) is 5.60 Å². The zero-order chi connectivity index (χ0) is 14.1. The average molecular weight is 265 g/mol. The van der Waals surface area contributed by atoms with Crippen LogP contribution in [-0.2, 0) is 13.5 Å². The fourth-order valence-electron chi connectivity index (χ4n) is 3.18. The van der Waals surface area contributed by atoms with Gasteiger partial charge in [0.1, 0.15) is 12.2 Å². The first-order valence-corrected chi connectivity index (χ1v) is 7.41. The molecular formula is C15H27N3O. The molecular weight excluding hydrogens is 238 g/mol. The number of nitrogens with zero attached hydrogens (tertiary/aromatic N) is 3. The van der Waals surface area contributed by atoms with Crippen LogP contribution >= 0.6 is 0 Å². The summed E-state index contributed by atoms with van der Waals surface area (Å²) in [7, 11) is 1.89. The lowest BCUT2D eigenvalue weighted by molar-refractivity contribution is -0.0294. The summed E-state index contributed by atoms with van der Waals surface area (Å²) >= 11 is 0. The minimum Gasteiger partial charge on any atom is -0.389 e. The van der Waals surface area contributed by atoms with Crippen molar-refractivity contribution in [3.63, 3.8) is 0 Å². The molecule has 1 aromatic rings. The third-order valence-electron chi connectivity index (χ3n) is 5.23. The van der Waals surface area contributed by atoms with Crippen molar-refractivity contribution in [2.24, 2.45) is 18.4 Å². The summed E-state index contributed by atoms with van der Waals surface area (Å²) in [5.41, 5.74) is -0.187. The lowest BCUT2D eigenvalue weighted by atomic mass is 9.66. The van der Waals surface area contributed by atoms with Gasteiger partial charge in [0.25, 0.3) is 0 Å². The summed E-state index contributed by atoms with van der Waals surface area (Å²) in [4.78, 5) is 4.23. The molecule has 1 saturated carbocycles. The van der Waals surface area contributed by atoms with Gasteiger partial charge < -0.3 is 5.11 Å². The van der Waals surface area contributed by atoms with Crippen LogP contribution in [0.25, 0.3) is 0 Å². The molecule has 108 valence electrons. The summed E-state index contributed by atoms with van der Waals surface area (Å²) in [6.07, 6.45) is 7.40. The Hall–Kier alpha value is -0.900. The molecule has 0 aromatic carbocycles. The standard InChI is InChI=1S/C15H27N3O/c1-5-14(2,3)12-6-8-15(19,9-7-12)10-13-16-11-17-18(13)4/h11-12,19H,5-10H2,1-4H3. The Morgan fingerprint density at radius 2 is 2.05 bits per heavy atom. The third-order valence-corrected chi connectivity index (χ3v) is 5.23. The molecule has 1 N–H and O–H groups in total. The molecule has 0 bridgehead atoms. The van der Waals surface area contributed by atoms with E-state index in [0.29, 0.717) is 11.8 Å². The van der Waals surface area contributed by atoms with Gasteiger partial charge >= 0.3 is 0 Å². The van der Waals surface area contributed by atoms with Gasteiger partial charge in [-0.3, -0.25) is 4.68 Å². The fraction of sp³-hybridized carbons (Fsp3) is 0.867. The molecule has 4 nitrogen and oxygen atoms in total. The first-order valence-electron chi connectivity index (χ1n) is 7.41. The predicted molar refractivity (Wildman–Crippen MR) is 75.7 cm³/mol. The number of aryl methyl sites for hydroxylation is 1. The Labute approximate surface area is 116 Å². The monoisotopic (exact) mass is 265 g/mol. The third kappa shape index (κ3) is 3.16. The normalized spacial score (nSPS) is 28.6. The molecule has 1 fully saturated rings. The Morgan fingerprint density at radius 1 is 1.42 bits per heavy atom. The Morgan fingerprint density at radius 3 is 2.53 bits per heavy atom. The maximum Gasteiger partial charge on any atom is 0.138 e. The Balaban J connectivity index is 1.97. The predicted octanol–water partition coefficient (Wildman–Crippen LogP) is 2.72. The lowest BCUT2D eigenvalue weighted by Gasteiger charge is -2.42. The van der Waals surface area contributed by atoms with E-state index in [1.54, 1.807) is 11.0 Å². The maximum absolute atomic E-state index is 10.7. The zero-order valence-electron chi connectivity index (χ0n) is 12.7. The van der Waals surface area contributed by atoms with Crippen LogP contribution < -0.4 is 0 Å². The average Bonchev–Trinajstić information content (AvgIpc) is 2.75. The summed E-state index contributed by atoms with van der Waals surface area (Å²) in [6.45, 7) is 6.97. The van der Waals surface area contributed by atoms with E-state index in [4.69, 9.17) is 0 Å². The molecule has 1 heterocycles. The molecule has 1 aromatic heterocycles. The van der Waals surface area contributed by atoms with Gasteiger partial charge in [-0.25, -0.2) is 4.98 Å². The molecule has 0 saturated heterocycles. The van der Waals surface area contributed by atoms with Crippen molar-refractivity contribution in [2.45, 2.75) is 64.9 Å². The summed E-state index contributed by atoms with van der Waals surface area (Å²) in [6, 6.07) is 0. The van der Waals surface area contributed by atoms with Gasteiger partial charge in [-0.1, -0.05) is 27.2 Å². The van der Waals surface area contributed by atoms with E-state index < -0.39 is 5.60 Å². The highest BCUT2D eigenvalue weighted by Crippen LogP contribution is 2.44. The van der Waals surface area contributed by atoms with Crippen molar-refractivity contribution >= 4 is 0 Å². The zero-order valence-corrected chi connectivity index (χ0v) is 12.7. The quantitative estimate of drug-likeness (QED) is 0.910. The SMILES string of the molecule is CCC(C)(C)C1CCC(O)(Cc2ncnn2C)CC1. The van der Waals surface area contributed by atoms with E-state index in [9.17, 15) is 5.11 Å². The van der Waals surface area contributed by atoms with Crippen molar-refractivity contribution in [2.75, 3.05) is 0 Å². The van der Waals surface area contributed by atoms with E-state index in [1.165, 1.54) is 6.42 Å². The van der Waals surface area contributed by atoms with Gasteiger partial charge in [0.2, 0.25) is 0 Å². The molecule has 2 rings (SSSR count). The topological polar surface area (TPSA) is 50.9 Å². The number of rotatable bonds is 4. The highest BCUT2D eigenvalue weighted by atomic mass is 16.3. The summed E-state index contributed by atoms with van der Waals surface area (Å²) < 4.78 is 1.76. The van der Waals surface area contributed by atoms with E-state index in [1.807, 2.05) is 7.05 Å². The second-order valence-corrected chi connectivity index (χ2v) is 6.82. The molecule has 4 heteroatoms. The molecule has 19 heavy (non-hydrogen) atoms. The Kier molecular flexibility index (Phi) is 4.00. The number of aliphatic hydroxyl groups is 1. The summed E-state index contributed by atoms with van der Waals surface area (Å²) in [5.74, 6) is 1.62. The van der Waals surface area contributed by atoms with Crippen LogP contribution in [0.2, 0.25) is 0 Å². The van der Waals surface area contributed by atoms with Crippen LogP contribution in [0, 0.1) is 11.3 Å². The molecule has 0 amide bonds. The fourth-order valence-corrected chi connectivity index (χ4v) is 3.18. The van der Waals surface area contributed by atoms with Crippen molar-refractivity contribution < 1.29 is 5.11 Å². The first kappa shape index (κ1) is 14.5. The smallest absolute Gasteiger partial charge is 0.138 e. The minimum absolute atomic E-state index is 0.395. The van der Waals surface area contributed by atoms with E-state index in [0.717, 1.165) is 37.4 Å². The van der Waals surface area contributed by atoms with Gasteiger partial charge in [0.15, 0.2) is 0 Å². The Bertz CT molecular complexity index is 417. The van der Waals surface area contributed by atoms with E-state index in [-0.39, 0.29) is 0 Å². The molecule has 0 aliphatic heterocycles. The van der Waals surface area contributed by atoms with Crippen LogP contribution in [0.1, 0.15) is 58.7 Å². The number of aromatic nitrogens is 3. The molecule has 0 spiro atoms. The summed E-state index contributed by atoms with van der Waals surface area (Å²) in [5, 5.41) is 14.8. The van der Waals surface area contributed by atoms with Crippen LogP contribution in [-0.4, -0.2) is 25.5 Å². The lowest BCUT2D eigenvalue weighted by Crippen LogP contribution is -2.40. The van der Waals surface area contributed by atoms with Crippen LogP contribution in [0.15, 0.2) is 6.33 Å². The first-order chi connectivity index (χ1) is 8.86. The molecule has 0 unspecified atom stereocenters. The van der Waals surface area contributed by atoms with E-state index in [2.05, 4.69) is 30.9 Å². The van der Waals surface area contributed by atoms with Crippen molar-refractivity contribution in [1.82, 2.24) is 14.8 Å². The van der Waals surface area contributed by atoms with Crippen LogP contribution in [0.4, 0.5) is 0 Å². The number of hydrogen-bond acceptors (Lipinski definition) is 3. The van der Waals surface area contributed by atoms with Crippen molar-refractivity contribution in [3.8, 4) is 0 Å². The molecule has 1 aliphatic carbocycles. The number of hydrogen-bond donors (Lipinski definition) is 1. The highest BCUT2D eigenvalue weighted by molar-refractivity contribution is 4.98. The van der Waals surface area contributed by atoms with Gasteiger partial charge in [-0.15, -0.1) is 0 Å². The second-order valence-electron chi connectivity index (χ2n) is 6.82. The van der Waals surface area contributed by atoms with Crippen molar-refractivity contribution in [3.05, 3.63) is 12.2 Å². The van der Waals surface area contributed by atoms with Crippen LogP contribution in [0.3, 0.4) is 0 Å². The van der Waals surface area contributed by atoms with Crippen molar-refractivity contribution in [1.29, 1.82) is 0 Å². The molecule has 1 aliphatic rings. The highest BCUT2D eigenvalue weighted by Gasteiger charge is 2.39. The maximum atomic E-state index is 10.7. The van der Waals surface area contributed by atoms with Gasteiger partial charge in [-0.2, -0.15) is 5.10 Å². The molecule has 0 radical (unpaired) electrons.